The van der Waals surface area contributed by atoms with E-state index in [1.54, 1.807) is 18.5 Å². The standard InChI is InChI=1S/C25H21N3O4/c29-24(30)22(12-15-13-27-21-10-5-11-26-23(15)21)28-25(31)32-14-20-18-8-3-1-6-16(18)17-7-2-4-9-19(17)20/h1-11,13,20,22,27H,12,14H2,(H,28,31)(H,29,30)/t22-/m0/s1. The van der Waals surface area contributed by atoms with Crippen LogP contribution in [0, 0.1) is 0 Å². The lowest BCUT2D eigenvalue weighted by Gasteiger charge is -2.17. The lowest BCUT2D eigenvalue weighted by Crippen LogP contribution is -2.42. The van der Waals surface area contributed by atoms with E-state index in [4.69, 9.17) is 4.74 Å². The number of H-pyrrole nitrogens is 1. The van der Waals surface area contributed by atoms with Crippen LogP contribution in [0.25, 0.3) is 22.2 Å². The second kappa shape index (κ2) is 8.19. The zero-order valence-corrected chi connectivity index (χ0v) is 17.1. The highest BCUT2D eigenvalue weighted by Crippen LogP contribution is 2.44. The summed E-state index contributed by atoms with van der Waals surface area (Å²) in [6.45, 7) is 0.126. The average molecular weight is 427 g/mol. The third kappa shape index (κ3) is 3.58. The summed E-state index contributed by atoms with van der Waals surface area (Å²) >= 11 is 0. The molecule has 0 saturated carbocycles. The molecule has 0 fully saturated rings. The fraction of sp³-hybridized carbons (Fsp3) is 0.160. The first-order chi connectivity index (χ1) is 15.6. The maximum Gasteiger partial charge on any atom is 0.407 e. The Bertz CT molecular complexity index is 1270. The first-order valence-corrected chi connectivity index (χ1v) is 10.4. The predicted octanol–water partition coefficient (Wildman–Crippen LogP) is 4.10. The van der Waals surface area contributed by atoms with Crippen LogP contribution in [-0.2, 0) is 16.0 Å². The molecule has 0 radical (unpaired) electrons. The normalized spacial score (nSPS) is 13.4. The zero-order valence-electron chi connectivity index (χ0n) is 17.1. The number of benzene rings is 2. The summed E-state index contributed by atoms with van der Waals surface area (Å²) < 4.78 is 5.49. The van der Waals surface area contributed by atoms with Gasteiger partial charge in [0.1, 0.15) is 12.6 Å². The molecule has 2 heterocycles. The van der Waals surface area contributed by atoms with Crippen LogP contribution < -0.4 is 5.32 Å². The van der Waals surface area contributed by atoms with Crippen molar-refractivity contribution in [3.05, 3.63) is 89.7 Å². The molecule has 0 aliphatic heterocycles. The van der Waals surface area contributed by atoms with E-state index in [2.05, 4.69) is 27.4 Å². The second-order valence-electron chi connectivity index (χ2n) is 7.78. The number of amides is 1. The third-order valence-electron chi connectivity index (χ3n) is 5.87. The van der Waals surface area contributed by atoms with E-state index in [0.717, 1.165) is 27.8 Å². The van der Waals surface area contributed by atoms with Crippen molar-refractivity contribution in [2.45, 2.75) is 18.4 Å². The fourth-order valence-electron chi connectivity index (χ4n) is 4.37. The summed E-state index contributed by atoms with van der Waals surface area (Å²) in [5, 5.41) is 12.1. The molecule has 7 heteroatoms. The first-order valence-electron chi connectivity index (χ1n) is 10.4. The molecule has 1 atom stereocenters. The Morgan fingerprint density at radius 3 is 2.41 bits per heavy atom. The van der Waals surface area contributed by atoms with Gasteiger partial charge in [0.15, 0.2) is 0 Å². The van der Waals surface area contributed by atoms with E-state index in [9.17, 15) is 14.7 Å². The number of nitrogens with zero attached hydrogens (tertiary/aromatic N) is 1. The van der Waals surface area contributed by atoms with E-state index in [1.807, 2.05) is 42.5 Å². The molecule has 1 aliphatic carbocycles. The van der Waals surface area contributed by atoms with E-state index in [1.165, 1.54) is 0 Å². The van der Waals surface area contributed by atoms with Gasteiger partial charge in [0.2, 0.25) is 0 Å². The van der Waals surface area contributed by atoms with Crippen LogP contribution in [0.5, 0.6) is 0 Å². The van der Waals surface area contributed by atoms with Crippen LogP contribution in [0.3, 0.4) is 0 Å². The van der Waals surface area contributed by atoms with Gasteiger partial charge in [-0.25, -0.2) is 9.59 Å². The van der Waals surface area contributed by atoms with E-state index in [-0.39, 0.29) is 18.9 Å². The van der Waals surface area contributed by atoms with Gasteiger partial charge < -0.3 is 20.1 Å². The minimum absolute atomic E-state index is 0.0887. The smallest absolute Gasteiger partial charge is 0.407 e. The number of aliphatic carboxylic acids is 1. The molecule has 4 aromatic rings. The number of rotatable bonds is 6. The van der Waals surface area contributed by atoms with Gasteiger partial charge in [0.05, 0.1) is 11.0 Å². The van der Waals surface area contributed by atoms with Crippen LogP contribution in [0.2, 0.25) is 0 Å². The van der Waals surface area contributed by atoms with Crippen LogP contribution in [0.4, 0.5) is 4.79 Å². The Hall–Kier alpha value is -4.13. The monoisotopic (exact) mass is 427 g/mol. The van der Waals surface area contributed by atoms with Crippen molar-refractivity contribution >= 4 is 23.1 Å². The van der Waals surface area contributed by atoms with Crippen molar-refractivity contribution in [1.82, 2.24) is 15.3 Å². The maximum atomic E-state index is 12.5. The Morgan fingerprint density at radius 2 is 1.72 bits per heavy atom. The van der Waals surface area contributed by atoms with Crippen LogP contribution in [0.15, 0.2) is 73.1 Å². The van der Waals surface area contributed by atoms with Crippen LogP contribution in [0.1, 0.15) is 22.6 Å². The summed E-state index contributed by atoms with van der Waals surface area (Å²) in [7, 11) is 0. The largest absolute Gasteiger partial charge is 0.480 e. The molecule has 160 valence electrons. The highest BCUT2D eigenvalue weighted by atomic mass is 16.5. The number of carboxylic acids is 1. The van der Waals surface area contributed by atoms with Gasteiger partial charge in [-0.15, -0.1) is 0 Å². The molecule has 32 heavy (non-hydrogen) atoms. The van der Waals surface area contributed by atoms with Crippen molar-refractivity contribution in [2.75, 3.05) is 6.61 Å². The number of aromatic nitrogens is 2. The van der Waals surface area contributed by atoms with Gasteiger partial charge >= 0.3 is 12.1 Å². The molecule has 0 saturated heterocycles. The van der Waals surface area contributed by atoms with Crippen molar-refractivity contribution in [3.63, 3.8) is 0 Å². The number of hydrogen-bond acceptors (Lipinski definition) is 4. The number of carbonyl (C=O) groups excluding carboxylic acids is 1. The molecule has 1 amide bonds. The summed E-state index contributed by atoms with van der Waals surface area (Å²) in [5.41, 5.74) is 6.68. The van der Waals surface area contributed by atoms with E-state index >= 15 is 0 Å². The van der Waals surface area contributed by atoms with Crippen molar-refractivity contribution in [3.8, 4) is 11.1 Å². The van der Waals surface area contributed by atoms with Crippen molar-refractivity contribution in [2.24, 2.45) is 0 Å². The lowest BCUT2D eigenvalue weighted by molar-refractivity contribution is -0.139. The Kier molecular flexibility index (Phi) is 5.07. The van der Waals surface area contributed by atoms with Crippen LogP contribution >= 0.6 is 0 Å². The Balaban J connectivity index is 1.28. The summed E-state index contributed by atoms with van der Waals surface area (Å²) in [6, 6.07) is 18.6. The minimum atomic E-state index is -1.14. The maximum absolute atomic E-state index is 12.5. The van der Waals surface area contributed by atoms with Gasteiger partial charge in [0.25, 0.3) is 0 Å². The zero-order chi connectivity index (χ0) is 22.1. The number of carbonyl (C=O) groups is 2. The number of carboxylic acid groups (broad SMARTS) is 1. The van der Waals surface area contributed by atoms with Gasteiger partial charge in [-0.2, -0.15) is 0 Å². The van der Waals surface area contributed by atoms with Gasteiger partial charge in [-0.05, 0) is 39.9 Å². The second-order valence-corrected chi connectivity index (χ2v) is 7.78. The van der Waals surface area contributed by atoms with Crippen molar-refractivity contribution < 1.29 is 19.4 Å². The molecule has 2 aromatic heterocycles. The van der Waals surface area contributed by atoms with Gasteiger partial charge in [-0.3, -0.25) is 4.98 Å². The van der Waals surface area contributed by atoms with Gasteiger partial charge in [-0.1, -0.05) is 48.5 Å². The van der Waals surface area contributed by atoms with Gasteiger partial charge in [0, 0.05) is 24.7 Å². The molecule has 3 N–H and O–H groups in total. The highest BCUT2D eigenvalue weighted by Gasteiger charge is 2.30. The highest BCUT2D eigenvalue weighted by molar-refractivity contribution is 5.83. The summed E-state index contributed by atoms with van der Waals surface area (Å²) in [5.74, 6) is -1.22. The summed E-state index contributed by atoms with van der Waals surface area (Å²) in [6.07, 6.45) is 2.70. The molecule has 2 aromatic carbocycles. The third-order valence-corrected chi connectivity index (χ3v) is 5.87. The predicted molar refractivity (Wildman–Crippen MR) is 119 cm³/mol. The first kappa shape index (κ1) is 19.8. The fourth-order valence-corrected chi connectivity index (χ4v) is 4.37. The SMILES string of the molecule is O=C(N[C@@H](Cc1c[nH]c2cccnc12)C(=O)O)OCC1c2ccccc2-c2ccccc21. The number of fused-ring (bicyclic) bond motifs is 4. The number of ether oxygens (including phenoxy) is 1. The lowest BCUT2D eigenvalue weighted by atomic mass is 9.98. The molecule has 5 rings (SSSR count). The van der Waals surface area contributed by atoms with E-state index < -0.39 is 18.1 Å². The minimum Gasteiger partial charge on any atom is -0.480 e. The van der Waals surface area contributed by atoms with Crippen molar-refractivity contribution in [1.29, 1.82) is 0 Å². The Morgan fingerprint density at radius 1 is 1.03 bits per heavy atom. The Labute approximate surface area is 184 Å². The number of pyridine rings is 1. The topological polar surface area (TPSA) is 104 Å². The van der Waals surface area contributed by atoms with Crippen LogP contribution in [-0.4, -0.2) is 39.8 Å². The number of nitrogens with one attached hydrogen (secondary N) is 2. The number of aromatic amines is 1. The summed E-state index contributed by atoms with van der Waals surface area (Å²) in [4.78, 5) is 31.7. The average Bonchev–Trinajstić information content (AvgIpc) is 3.36. The quantitative estimate of drug-likeness (QED) is 0.430. The number of hydrogen-bond donors (Lipinski definition) is 3. The molecular weight excluding hydrogens is 406 g/mol. The molecular formula is C25H21N3O4. The molecule has 0 spiro atoms. The molecule has 7 nitrogen and oxygen atoms in total. The molecule has 0 unspecified atom stereocenters. The van der Waals surface area contributed by atoms with E-state index in [0.29, 0.717) is 11.1 Å². The number of alkyl carbamates (subject to hydrolysis) is 1. The molecule has 0 bridgehead atoms. The molecule has 1 aliphatic rings.